The van der Waals surface area contributed by atoms with Gasteiger partial charge in [0.05, 0.1) is 31.1 Å². The molecule has 11 nitrogen and oxygen atoms in total. The van der Waals surface area contributed by atoms with E-state index in [2.05, 4.69) is 36.3 Å². The minimum Gasteiger partial charge on any atom is -0.393 e. The Bertz CT molecular complexity index is 1490. The summed E-state index contributed by atoms with van der Waals surface area (Å²) in [5, 5.41) is 35.6. The van der Waals surface area contributed by atoms with Gasteiger partial charge in [-0.2, -0.15) is 5.10 Å². The van der Waals surface area contributed by atoms with Gasteiger partial charge in [-0.3, -0.25) is 14.4 Å². The molecule has 1 atom stereocenters. The van der Waals surface area contributed by atoms with Gasteiger partial charge in [0.2, 0.25) is 22.9 Å². The second-order valence-corrected chi connectivity index (χ2v) is 11.3. The van der Waals surface area contributed by atoms with E-state index < -0.39 is 6.10 Å². The van der Waals surface area contributed by atoms with Crippen LogP contribution in [0, 0.1) is 0 Å². The van der Waals surface area contributed by atoms with E-state index in [0.29, 0.717) is 17.5 Å². The van der Waals surface area contributed by atoms with E-state index in [9.17, 15) is 19.5 Å². The van der Waals surface area contributed by atoms with Crippen LogP contribution in [-0.4, -0.2) is 49.3 Å². The highest BCUT2D eigenvalue weighted by molar-refractivity contribution is 7.15. The topological polar surface area (TPSA) is 159 Å². The number of hydrogen-bond acceptors (Lipinski definition) is 9. The van der Waals surface area contributed by atoms with Crippen LogP contribution in [0.25, 0.3) is 0 Å². The normalized spacial score (nSPS) is 11.5. The van der Waals surface area contributed by atoms with E-state index in [4.69, 9.17) is 0 Å². The predicted molar refractivity (Wildman–Crippen MR) is 164 cm³/mol. The third kappa shape index (κ3) is 11.3. The maximum Gasteiger partial charge on any atom is 0.230 e. The molecule has 0 aliphatic heterocycles. The van der Waals surface area contributed by atoms with Crippen LogP contribution in [0.1, 0.15) is 53.6 Å². The quantitative estimate of drug-likeness (QED) is 0.150. The highest BCUT2D eigenvalue weighted by Gasteiger charge is 2.11. The lowest BCUT2D eigenvalue weighted by atomic mass is 10.1. The van der Waals surface area contributed by atoms with Gasteiger partial charge in [-0.05, 0) is 55.0 Å². The van der Waals surface area contributed by atoms with E-state index in [1.54, 1.807) is 13.0 Å². The maximum absolute atomic E-state index is 12.6. The molecular weight excluding hydrogens is 566 g/mol. The molecule has 224 valence electrons. The SMILES string of the molecule is CC(O)CC(=O)NCc1cccc(CC(=O)Nc2nnc(CCCCc3ccc(NC(=O)Cc4ccccc4)nn3)s2)c1. The summed E-state index contributed by atoms with van der Waals surface area (Å²) >= 11 is 1.36. The van der Waals surface area contributed by atoms with Crippen LogP contribution in [0.5, 0.6) is 0 Å². The first-order valence-corrected chi connectivity index (χ1v) is 15.0. The number of unbranched alkanes of at least 4 members (excludes halogenated alkanes) is 1. The number of aryl methyl sites for hydroxylation is 2. The third-order valence-electron chi connectivity index (χ3n) is 6.31. The lowest BCUT2D eigenvalue weighted by Crippen LogP contribution is -2.26. The molecular formula is C31H35N7O4S. The number of benzene rings is 2. The number of nitrogens with zero attached hydrogens (tertiary/aromatic N) is 4. The number of aromatic nitrogens is 4. The fourth-order valence-electron chi connectivity index (χ4n) is 4.26. The summed E-state index contributed by atoms with van der Waals surface area (Å²) in [7, 11) is 0. The molecule has 0 fully saturated rings. The van der Waals surface area contributed by atoms with Gasteiger partial charge in [0.25, 0.3) is 0 Å². The number of carbonyl (C=O) groups excluding carboxylic acids is 3. The van der Waals surface area contributed by atoms with Crippen molar-refractivity contribution in [3.63, 3.8) is 0 Å². The number of anilines is 2. The number of aliphatic hydroxyl groups is 1. The first kappa shape index (κ1) is 31.4. The zero-order valence-corrected chi connectivity index (χ0v) is 24.8. The Kier molecular flexibility index (Phi) is 11.8. The van der Waals surface area contributed by atoms with Crippen molar-refractivity contribution in [2.24, 2.45) is 0 Å². The summed E-state index contributed by atoms with van der Waals surface area (Å²) in [6, 6.07) is 20.6. The molecule has 3 amide bonds. The summed E-state index contributed by atoms with van der Waals surface area (Å²) < 4.78 is 0. The first-order valence-electron chi connectivity index (χ1n) is 14.1. The zero-order valence-electron chi connectivity index (χ0n) is 24.0. The van der Waals surface area contributed by atoms with Gasteiger partial charge in [0.15, 0.2) is 5.82 Å². The fraction of sp³-hybridized carbons (Fsp3) is 0.323. The zero-order chi connectivity index (χ0) is 30.4. The highest BCUT2D eigenvalue weighted by Crippen LogP contribution is 2.18. The monoisotopic (exact) mass is 601 g/mol. The second-order valence-electron chi connectivity index (χ2n) is 10.2. The molecule has 0 aliphatic carbocycles. The van der Waals surface area contributed by atoms with Crippen LogP contribution in [0.15, 0.2) is 66.7 Å². The van der Waals surface area contributed by atoms with Gasteiger partial charge in [-0.15, -0.1) is 15.3 Å². The largest absolute Gasteiger partial charge is 0.393 e. The van der Waals surface area contributed by atoms with Crippen LogP contribution in [0.3, 0.4) is 0 Å². The van der Waals surface area contributed by atoms with Crippen molar-refractivity contribution >= 4 is 40.0 Å². The molecule has 0 spiro atoms. The Morgan fingerprint density at radius 3 is 2.26 bits per heavy atom. The second kappa shape index (κ2) is 16.2. The molecule has 12 heteroatoms. The van der Waals surface area contributed by atoms with E-state index in [1.807, 2.05) is 60.7 Å². The summed E-state index contributed by atoms with van der Waals surface area (Å²) in [6.07, 6.45) is 3.04. The molecule has 2 aromatic heterocycles. The molecule has 0 radical (unpaired) electrons. The summed E-state index contributed by atoms with van der Waals surface area (Å²) in [6.45, 7) is 1.89. The Morgan fingerprint density at radius 2 is 1.49 bits per heavy atom. The van der Waals surface area contributed by atoms with Crippen molar-refractivity contribution < 1.29 is 19.5 Å². The van der Waals surface area contributed by atoms with Crippen molar-refractivity contribution in [2.45, 2.75) is 64.5 Å². The van der Waals surface area contributed by atoms with Gasteiger partial charge < -0.3 is 21.1 Å². The Balaban J connectivity index is 1.14. The average molecular weight is 602 g/mol. The van der Waals surface area contributed by atoms with Crippen molar-refractivity contribution in [3.8, 4) is 0 Å². The minimum atomic E-state index is -0.692. The summed E-state index contributed by atoms with van der Waals surface area (Å²) in [4.78, 5) is 36.5. The van der Waals surface area contributed by atoms with E-state index >= 15 is 0 Å². The number of carbonyl (C=O) groups is 3. The van der Waals surface area contributed by atoms with Gasteiger partial charge in [0.1, 0.15) is 5.01 Å². The number of hydrogen-bond donors (Lipinski definition) is 4. The first-order chi connectivity index (χ1) is 20.8. The van der Waals surface area contributed by atoms with Gasteiger partial charge >= 0.3 is 0 Å². The maximum atomic E-state index is 12.6. The molecule has 4 rings (SSSR count). The smallest absolute Gasteiger partial charge is 0.230 e. The molecule has 2 aromatic carbocycles. The lowest BCUT2D eigenvalue weighted by molar-refractivity contribution is -0.123. The Labute approximate surface area is 254 Å². The lowest BCUT2D eigenvalue weighted by Gasteiger charge is -2.08. The van der Waals surface area contributed by atoms with Crippen LogP contribution in [0.2, 0.25) is 0 Å². The number of aliphatic hydroxyl groups excluding tert-OH is 1. The highest BCUT2D eigenvalue weighted by atomic mass is 32.1. The average Bonchev–Trinajstić information content (AvgIpc) is 3.42. The third-order valence-corrected chi connectivity index (χ3v) is 7.21. The van der Waals surface area contributed by atoms with Crippen LogP contribution >= 0.6 is 11.3 Å². The molecule has 1 unspecified atom stereocenters. The number of nitrogens with one attached hydrogen (secondary N) is 3. The number of amides is 3. The minimum absolute atomic E-state index is 0.0482. The Morgan fingerprint density at radius 1 is 0.767 bits per heavy atom. The van der Waals surface area contributed by atoms with E-state index in [1.165, 1.54) is 11.3 Å². The van der Waals surface area contributed by atoms with Crippen molar-refractivity contribution in [1.82, 2.24) is 25.7 Å². The standard InChI is InChI=1S/C31H35N7O4S/c1-21(39)16-27(40)32-20-24-11-7-10-23(17-24)19-29(42)34-31-38-37-30(43-31)13-6-5-12-25-14-15-26(36-35-25)33-28(41)18-22-8-3-2-4-9-22/h2-4,7-11,14-15,17,21,39H,5-6,12-13,16,18-20H2,1H3,(H,32,40)(H,33,36,41)(H,34,38,42). The molecule has 4 aromatic rings. The summed E-state index contributed by atoms with van der Waals surface area (Å²) in [5.74, 6) is -0.133. The van der Waals surface area contributed by atoms with Gasteiger partial charge in [-0.1, -0.05) is 65.9 Å². The summed E-state index contributed by atoms with van der Waals surface area (Å²) in [5.41, 5.74) is 3.47. The molecule has 0 saturated heterocycles. The van der Waals surface area contributed by atoms with Crippen molar-refractivity contribution in [2.75, 3.05) is 10.6 Å². The molecule has 0 saturated carbocycles. The Hall–Kier alpha value is -4.55. The van der Waals surface area contributed by atoms with E-state index in [-0.39, 0.29) is 37.0 Å². The van der Waals surface area contributed by atoms with E-state index in [0.717, 1.165) is 53.1 Å². The molecule has 0 aliphatic rings. The predicted octanol–water partition coefficient (Wildman–Crippen LogP) is 3.64. The molecule has 2 heterocycles. The van der Waals surface area contributed by atoms with Gasteiger partial charge in [-0.25, -0.2) is 0 Å². The molecule has 43 heavy (non-hydrogen) atoms. The van der Waals surface area contributed by atoms with Crippen LogP contribution in [-0.2, 0) is 46.6 Å². The molecule has 0 bridgehead atoms. The molecule has 4 N–H and O–H groups in total. The van der Waals surface area contributed by atoms with Gasteiger partial charge in [0, 0.05) is 13.0 Å². The van der Waals surface area contributed by atoms with Crippen LogP contribution < -0.4 is 16.0 Å². The van der Waals surface area contributed by atoms with Crippen LogP contribution in [0.4, 0.5) is 10.9 Å². The fourth-order valence-corrected chi connectivity index (χ4v) is 5.05. The number of rotatable bonds is 15. The van der Waals surface area contributed by atoms with Crippen molar-refractivity contribution in [1.29, 1.82) is 0 Å². The van der Waals surface area contributed by atoms with Crippen molar-refractivity contribution in [3.05, 3.63) is 94.1 Å².